The van der Waals surface area contributed by atoms with E-state index in [-0.39, 0.29) is 5.97 Å². The van der Waals surface area contributed by atoms with Gasteiger partial charge in [0.25, 0.3) is 0 Å². The number of carbonyl (C=O) groups excluding carboxylic acids is 1. The van der Waals surface area contributed by atoms with E-state index in [1.165, 1.54) is 31.2 Å². The third-order valence-corrected chi connectivity index (χ3v) is 5.93. The van der Waals surface area contributed by atoms with Crippen LogP contribution in [-0.4, -0.2) is 23.7 Å². The second-order valence-corrected chi connectivity index (χ2v) is 8.75. The number of rotatable bonds is 13. The van der Waals surface area contributed by atoms with Gasteiger partial charge in [0.1, 0.15) is 5.75 Å². The Kier molecular flexibility index (Phi) is 10.3. The molecule has 4 nitrogen and oxygen atoms in total. The Morgan fingerprint density at radius 1 is 0.794 bits per heavy atom. The van der Waals surface area contributed by atoms with Crippen LogP contribution in [0.1, 0.15) is 64.9 Å². The van der Waals surface area contributed by atoms with Gasteiger partial charge in [0.2, 0.25) is 0 Å². The molecule has 4 heteroatoms. The van der Waals surface area contributed by atoms with E-state index in [4.69, 9.17) is 9.47 Å². The van der Waals surface area contributed by atoms with Gasteiger partial charge in [0.05, 0.1) is 5.69 Å². The van der Waals surface area contributed by atoms with Crippen molar-refractivity contribution in [2.45, 2.75) is 71.8 Å². The van der Waals surface area contributed by atoms with Gasteiger partial charge in [-0.15, -0.1) is 0 Å². The predicted octanol–water partition coefficient (Wildman–Crippen LogP) is 7.65. The number of pyridine rings is 1. The molecule has 2 aromatic carbocycles. The SMILES string of the molecule is CCCCCCO[C@@H](C)C(=O)Oc1ccc(-c2ccc(-c3ccc(CCCC)cn3)cc2)cc1. The second kappa shape index (κ2) is 13.7. The molecule has 3 rings (SSSR count). The molecule has 0 bridgehead atoms. The summed E-state index contributed by atoms with van der Waals surface area (Å²) in [5.41, 5.74) is 5.53. The van der Waals surface area contributed by atoms with Crippen molar-refractivity contribution in [1.82, 2.24) is 4.98 Å². The molecule has 1 atom stereocenters. The van der Waals surface area contributed by atoms with Crippen LogP contribution in [0.2, 0.25) is 0 Å². The highest BCUT2D eigenvalue weighted by Gasteiger charge is 2.16. The molecule has 0 aliphatic heterocycles. The van der Waals surface area contributed by atoms with Gasteiger partial charge in [0, 0.05) is 18.4 Å². The number of aromatic nitrogens is 1. The third kappa shape index (κ3) is 7.81. The van der Waals surface area contributed by atoms with Gasteiger partial charge in [-0.1, -0.05) is 82.0 Å². The Hall–Kier alpha value is -2.98. The lowest BCUT2D eigenvalue weighted by atomic mass is 10.0. The summed E-state index contributed by atoms with van der Waals surface area (Å²) < 4.78 is 11.1. The van der Waals surface area contributed by atoms with Crippen molar-refractivity contribution in [3.8, 4) is 28.1 Å². The Bertz CT molecular complexity index is 995. The van der Waals surface area contributed by atoms with Crippen LogP contribution >= 0.6 is 0 Å². The Morgan fingerprint density at radius 3 is 2.06 bits per heavy atom. The maximum Gasteiger partial charge on any atom is 0.340 e. The Morgan fingerprint density at radius 2 is 1.44 bits per heavy atom. The van der Waals surface area contributed by atoms with Crippen molar-refractivity contribution in [3.05, 3.63) is 72.4 Å². The van der Waals surface area contributed by atoms with Crippen LogP contribution in [-0.2, 0) is 16.0 Å². The monoisotopic (exact) mass is 459 g/mol. The molecule has 0 saturated heterocycles. The number of hydrogen-bond donors (Lipinski definition) is 0. The van der Waals surface area contributed by atoms with E-state index in [1.54, 1.807) is 6.92 Å². The van der Waals surface area contributed by atoms with Gasteiger partial charge in [-0.2, -0.15) is 0 Å². The van der Waals surface area contributed by atoms with Gasteiger partial charge >= 0.3 is 5.97 Å². The Labute approximate surface area is 204 Å². The first-order valence-electron chi connectivity index (χ1n) is 12.6. The number of esters is 1. The molecule has 0 fully saturated rings. The van der Waals surface area contributed by atoms with E-state index in [1.807, 2.05) is 30.5 Å². The number of unbranched alkanes of at least 4 members (excludes halogenated alkanes) is 4. The summed E-state index contributed by atoms with van der Waals surface area (Å²) in [4.78, 5) is 16.9. The molecule has 180 valence electrons. The lowest BCUT2D eigenvalue weighted by molar-refractivity contribution is -0.146. The zero-order valence-electron chi connectivity index (χ0n) is 20.8. The van der Waals surface area contributed by atoms with Gasteiger partial charge < -0.3 is 9.47 Å². The predicted molar refractivity (Wildman–Crippen MR) is 139 cm³/mol. The molecule has 0 radical (unpaired) electrons. The summed E-state index contributed by atoms with van der Waals surface area (Å²) in [5, 5.41) is 0. The first-order valence-corrected chi connectivity index (χ1v) is 12.6. The molecule has 1 aromatic heterocycles. The number of ether oxygens (including phenoxy) is 2. The molecule has 1 heterocycles. The van der Waals surface area contributed by atoms with Gasteiger partial charge in [-0.05, 0) is 61.1 Å². The van der Waals surface area contributed by atoms with Crippen LogP contribution < -0.4 is 4.74 Å². The quantitative estimate of drug-likeness (QED) is 0.150. The highest BCUT2D eigenvalue weighted by molar-refractivity contribution is 5.77. The van der Waals surface area contributed by atoms with E-state index in [2.05, 4.69) is 55.2 Å². The fourth-order valence-electron chi connectivity index (χ4n) is 3.73. The minimum atomic E-state index is -0.567. The molecule has 0 amide bonds. The second-order valence-electron chi connectivity index (χ2n) is 8.75. The first kappa shape index (κ1) is 25.6. The molecule has 34 heavy (non-hydrogen) atoms. The molecule has 0 N–H and O–H groups in total. The average Bonchev–Trinajstić information content (AvgIpc) is 2.88. The Balaban J connectivity index is 1.53. The topological polar surface area (TPSA) is 48.4 Å². The molecular formula is C30H37NO3. The summed E-state index contributed by atoms with van der Waals surface area (Å²) in [6, 6.07) is 20.2. The van der Waals surface area contributed by atoms with Crippen molar-refractivity contribution in [3.63, 3.8) is 0 Å². The summed E-state index contributed by atoms with van der Waals surface area (Å²) in [5.74, 6) is 0.167. The molecule has 0 aliphatic rings. The zero-order chi connectivity index (χ0) is 24.2. The summed E-state index contributed by atoms with van der Waals surface area (Å²) >= 11 is 0. The van der Waals surface area contributed by atoms with Crippen LogP contribution in [0.25, 0.3) is 22.4 Å². The van der Waals surface area contributed by atoms with E-state index in [9.17, 15) is 4.79 Å². The van der Waals surface area contributed by atoms with Gasteiger partial charge in [0.15, 0.2) is 6.10 Å². The number of carbonyl (C=O) groups is 1. The van der Waals surface area contributed by atoms with Crippen LogP contribution in [0, 0.1) is 0 Å². The maximum absolute atomic E-state index is 12.3. The number of nitrogens with zero attached hydrogens (tertiary/aromatic N) is 1. The smallest absolute Gasteiger partial charge is 0.340 e. The van der Waals surface area contributed by atoms with Crippen molar-refractivity contribution in [1.29, 1.82) is 0 Å². The molecule has 0 aliphatic carbocycles. The minimum Gasteiger partial charge on any atom is -0.425 e. The number of hydrogen-bond acceptors (Lipinski definition) is 4. The number of benzene rings is 2. The lowest BCUT2D eigenvalue weighted by Gasteiger charge is -2.13. The van der Waals surface area contributed by atoms with Crippen LogP contribution in [0.15, 0.2) is 66.9 Å². The van der Waals surface area contributed by atoms with Crippen molar-refractivity contribution >= 4 is 5.97 Å². The largest absolute Gasteiger partial charge is 0.425 e. The first-order chi connectivity index (χ1) is 16.6. The molecule has 0 spiro atoms. The van der Waals surface area contributed by atoms with E-state index in [0.29, 0.717) is 12.4 Å². The fourth-order valence-corrected chi connectivity index (χ4v) is 3.73. The highest BCUT2D eigenvalue weighted by atomic mass is 16.6. The molecule has 0 unspecified atom stereocenters. The average molecular weight is 460 g/mol. The van der Waals surface area contributed by atoms with Crippen LogP contribution in [0.4, 0.5) is 0 Å². The summed E-state index contributed by atoms with van der Waals surface area (Å²) in [7, 11) is 0. The fraction of sp³-hybridized carbons (Fsp3) is 0.400. The maximum atomic E-state index is 12.3. The van der Waals surface area contributed by atoms with Crippen LogP contribution in [0.3, 0.4) is 0 Å². The van der Waals surface area contributed by atoms with Crippen molar-refractivity contribution in [2.75, 3.05) is 6.61 Å². The summed E-state index contributed by atoms with van der Waals surface area (Å²) in [6.07, 6.45) is 9.36. The molecule has 3 aromatic rings. The third-order valence-electron chi connectivity index (χ3n) is 5.93. The lowest BCUT2D eigenvalue weighted by Crippen LogP contribution is -2.26. The standard InChI is InChI=1S/C30H37NO3/c1-4-6-8-9-21-33-23(3)30(32)34-28-18-16-26(17-19-28)25-12-14-27(15-13-25)29-20-11-24(22-31-29)10-7-5-2/h11-20,22-23H,4-10,21H2,1-3H3/t23-/m0/s1. The number of aryl methyl sites for hydroxylation is 1. The van der Waals surface area contributed by atoms with Crippen LogP contribution in [0.5, 0.6) is 5.75 Å². The molecule has 0 saturated carbocycles. The van der Waals surface area contributed by atoms with Gasteiger partial charge in [-0.3, -0.25) is 4.98 Å². The highest BCUT2D eigenvalue weighted by Crippen LogP contribution is 2.26. The van der Waals surface area contributed by atoms with E-state index < -0.39 is 6.10 Å². The van der Waals surface area contributed by atoms with Crippen molar-refractivity contribution < 1.29 is 14.3 Å². The van der Waals surface area contributed by atoms with E-state index in [0.717, 1.165) is 41.6 Å². The minimum absolute atomic E-state index is 0.360. The van der Waals surface area contributed by atoms with Gasteiger partial charge in [-0.25, -0.2) is 4.79 Å². The summed E-state index contributed by atoms with van der Waals surface area (Å²) in [6.45, 7) is 6.71. The molecular weight excluding hydrogens is 422 g/mol. The van der Waals surface area contributed by atoms with E-state index >= 15 is 0 Å². The van der Waals surface area contributed by atoms with Crippen molar-refractivity contribution in [2.24, 2.45) is 0 Å². The zero-order valence-corrected chi connectivity index (χ0v) is 20.8. The normalized spacial score (nSPS) is 11.9.